The molecule has 1 aromatic heterocycles. The molecule has 0 fully saturated rings. The van der Waals surface area contributed by atoms with Crippen molar-refractivity contribution in [3.05, 3.63) is 39.2 Å². The third kappa shape index (κ3) is 3.04. The highest BCUT2D eigenvalue weighted by atomic mass is 79.9. The molecule has 2 aromatic rings. The Morgan fingerprint density at radius 2 is 2.11 bits per heavy atom. The van der Waals surface area contributed by atoms with Crippen molar-refractivity contribution in [3.8, 4) is 5.75 Å². The summed E-state index contributed by atoms with van der Waals surface area (Å²) in [6.45, 7) is 0. The van der Waals surface area contributed by atoms with Gasteiger partial charge in [-0.1, -0.05) is 27.5 Å². The van der Waals surface area contributed by atoms with Gasteiger partial charge in [0.05, 0.1) is 19.0 Å². The number of benzene rings is 1. The summed E-state index contributed by atoms with van der Waals surface area (Å²) < 4.78 is 6.14. The molecule has 0 unspecified atom stereocenters. The van der Waals surface area contributed by atoms with Gasteiger partial charge in [-0.05, 0) is 29.8 Å². The number of hydrogen-bond donors (Lipinski definition) is 1. The molecule has 18 heavy (non-hydrogen) atoms. The number of anilines is 2. The van der Waals surface area contributed by atoms with E-state index in [1.807, 2.05) is 18.2 Å². The number of nitrogens with zero attached hydrogens (tertiary/aromatic N) is 2. The Kier molecular flexibility index (Phi) is 4.27. The molecule has 7 heteroatoms. The van der Waals surface area contributed by atoms with E-state index < -0.39 is 0 Å². The maximum absolute atomic E-state index is 5.98. The largest absolute Gasteiger partial charge is 0.495 e. The monoisotopic (exact) mass is 347 g/mol. The minimum atomic E-state index is 0.121. The minimum absolute atomic E-state index is 0.121. The van der Waals surface area contributed by atoms with Gasteiger partial charge in [-0.2, -0.15) is 4.98 Å². The maximum atomic E-state index is 5.98. The molecule has 1 heterocycles. The van der Waals surface area contributed by atoms with Crippen LogP contribution in [0.5, 0.6) is 5.75 Å². The molecule has 0 atom stereocenters. The number of rotatable bonds is 3. The van der Waals surface area contributed by atoms with Crippen molar-refractivity contribution in [2.24, 2.45) is 0 Å². The summed E-state index contributed by atoms with van der Waals surface area (Å²) in [7, 11) is 1.59. The van der Waals surface area contributed by atoms with Crippen LogP contribution in [-0.2, 0) is 0 Å². The molecule has 2 rings (SSSR count). The van der Waals surface area contributed by atoms with Gasteiger partial charge in [0.2, 0.25) is 5.28 Å². The Hall–Kier alpha value is -1.04. The Morgan fingerprint density at radius 1 is 1.33 bits per heavy atom. The van der Waals surface area contributed by atoms with Gasteiger partial charge in [0.25, 0.3) is 0 Å². The van der Waals surface area contributed by atoms with Crippen molar-refractivity contribution in [3.63, 3.8) is 0 Å². The SMILES string of the molecule is COc1ccc(Br)cc1Nc1nc(Cl)ncc1Cl. The first-order valence-electron chi connectivity index (χ1n) is 4.89. The number of aromatic nitrogens is 2. The quantitative estimate of drug-likeness (QED) is 0.840. The summed E-state index contributed by atoms with van der Waals surface area (Å²) in [5.41, 5.74) is 0.726. The molecule has 1 N–H and O–H groups in total. The smallest absolute Gasteiger partial charge is 0.224 e. The zero-order chi connectivity index (χ0) is 13.1. The highest BCUT2D eigenvalue weighted by Gasteiger charge is 2.09. The second kappa shape index (κ2) is 5.73. The summed E-state index contributed by atoms with van der Waals surface area (Å²) in [4.78, 5) is 7.80. The first-order valence-corrected chi connectivity index (χ1v) is 6.43. The summed E-state index contributed by atoms with van der Waals surface area (Å²) in [5, 5.41) is 3.55. The topological polar surface area (TPSA) is 47.0 Å². The van der Waals surface area contributed by atoms with Crippen molar-refractivity contribution < 1.29 is 4.74 Å². The maximum Gasteiger partial charge on any atom is 0.224 e. The van der Waals surface area contributed by atoms with E-state index in [1.165, 1.54) is 6.20 Å². The minimum Gasteiger partial charge on any atom is -0.495 e. The standard InChI is InChI=1S/C11H8BrCl2N3O/c1-18-9-3-2-6(12)4-8(9)16-10-7(13)5-15-11(14)17-10/h2-5H,1H3,(H,15,16,17). The van der Waals surface area contributed by atoms with Crippen molar-refractivity contribution in [1.82, 2.24) is 9.97 Å². The summed E-state index contributed by atoms with van der Waals surface area (Å²) in [6, 6.07) is 5.55. The fraction of sp³-hybridized carbons (Fsp3) is 0.0909. The van der Waals surface area contributed by atoms with Crippen molar-refractivity contribution in [2.45, 2.75) is 0 Å². The van der Waals surface area contributed by atoms with Gasteiger partial charge in [-0.15, -0.1) is 0 Å². The van der Waals surface area contributed by atoms with E-state index in [1.54, 1.807) is 7.11 Å². The van der Waals surface area contributed by atoms with Crippen LogP contribution in [-0.4, -0.2) is 17.1 Å². The van der Waals surface area contributed by atoms with Gasteiger partial charge in [0, 0.05) is 4.47 Å². The van der Waals surface area contributed by atoms with Crippen molar-refractivity contribution >= 4 is 50.6 Å². The molecule has 0 aliphatic heterocycles. The van der Waals surface area contributed by atoms with Crippen molar-refractivity contribution in [2.75, 3.05) is 12.4 Å². The second-order valence-electron chi connectivity index (χ2n) is 3.31. The van der Waals surface area contributed by atoms with Crippen molar-refractivity contribution in [1.29, 1.82) is 0 Å². The lowest BCUT2D eigenvalue weighted by molar-refractivity contribution is 0.416. The molecule has 0 aliphatic carbocycles. The number of ether oxygens (including phenoxy) is 1. The zero-order valence-electron chi connectivity index (χ0n) is 9.25. The lowest BCUT2D eigenvalue weighted by Crippen LogP contribution is -1.98. The average molecular weight is 349 g/mol. The first-order chi connectivity index (χ1) is 8.60. The van der Waals surface area contributed by atoms with Gasteiger partial charge in [0.15, 0.2) is 5.82 Å². The van der Waals surface area contributed by atoms with Gasteiger partial charge < -0.3 is 10.1 Å². The van der Waals surface area contributed by atoms with Crippen LogP contribution in [0.25, 0.3) is 0 Å². The number of nitrogens with one attached hydrogen (secondary N) is 1. The van der Waals surface area contributed by atoms with Crippen LogP contribution < -0.4 is 10.1 Å². The summed E-state index contributed by atoms with van der Waals surface area (Å²) in [6.07, 6.45) is 1.43. The lowest BCUT2D eigenvalue weighted by Gasteiger charge is -2.11. The zero-order valence-corrected chi connectivity index (χ0v) is 12.3. The Bertz CT molecular complexity index is 580. The van der Waals surface area contributed by atoms with Crippen LogP contribution in [0.3, 0.4) is 0 Å². The molecule has 94 valence electrons. The molecule has 0 bridgehead atoms. The fourth-order valence-corrected chi connectivity index (χ4v) is 1.97. The third-order valence-corrected chi connectivity index (χ3v) is 3.08. The molecule has 0 radical (unpaired) electrons. The van der Waals surface area contributed by atoms with E-state index in [4.69, 9.17) is 27.9 Å². The number of halogens is 3. The highest BCUT2D eigenvalue weighted by Crippen LogP contribution is 2.32. The van der Waals surface area contributed by atoms with Crippen LogP contribution in [0, 0.1) is 0 Å². The Balaban J connectivity index is 2.38. The van der Waals surface area contributed by atoms with Gasteiger partial charge >= 0.3 is 0 Å². The molecule has 1 aromatic carbocycles. The van der Waals surface area contributed by atoms with Crippen LogP contribution in [0.15, 0.2) is 28.9 Å². The molecule has 0 spiro atoms. The fourth-order valence-electron chi connectivity index (χ4n) is 1.34. The van der Waals surface area contributed by atoms with Gasteiger partial charge in [-0.25, -0.2) is 4.98 Å². The Labute approximate surface area is 122 Å². The van der Waals surface area contributed by atoms with Crippen LogP contribution in [0.1, 0.15) is 0 Å². The van der Waals surface area contributed by atoms with E-state index in [2.05, 4.69) is 31.2 Å². The Morgan fingerprint density at radius 3 is 2.83 bits per heavy atom. The molecular weight excluding hydrogens is 341 g/mol. The second-order valence-corrected chi connectivity index (χ2v) is 4.97. The van der Waals surface area contributed by atoms with Crippen LogP contribution >= 0.6 is 39.1 Å². The van der Waals surface area contributed by atoms with E-state index in [9.17, 15) is 0 Å². The third-order valence-electron chi connectivity index (χ3n) is 2.13. The predicted octanol–water partition coefficient (Wildman–Crippen LogP) is 4.30. The average Bonchev–Trinajstić information content (AvgIpc) is 2.34. The molecule has 4 nitrogen and oxygen atoms in total. The predicted molar refractivity (Wildman–Crippen MR) is 76.0 cm³/mol. The van der Waals surface area contributed by atoms with Gasteiger partial charge in [0.1, 0.15) is 10.8 Å². The molecular formula is C11H8BrCl2N3O. The molecule has 0 saturated carbocycles. The van der Waals surface area contributed by atoms with Crippen LogP contribution in [0.4, 0.5) is 11.5 Å². The van der Waals surface area contributed by atoms with Gasteiger partial charge in [-0.3, -0.25) is 0 Å². The first kappa shape index (κ1) is 13.4. The van der Waals surface area contributed by atoms with Crippen LogP contribution in [0.2, 0.25) is 10.3 Å². The molecule has 0 amide bonds. The molecule has 0 saturated heterocycles. The number of methoxy groups -OCH3 is 1. The summed E-state index contributed by atoms with van der Waals surface area (Å²) in [5.74, 6) is 1.09. The van der Waals surface area contributed by atoms with E-state index >= 15 is 0 Å². The number of hydrogen-bond acceptors (Lipinski definition) is 4. The lowest BCUT2D eigenvalue weighted by atomic mass is 10.3. The summed E-state index contributed by atoms with van der Waals surface area (Å²) >= 11 is 15.1. The molecule has 0 aliphatic rings. The van der Waals surface area contributed by atoms with E-state index in [-0.39, 0.29) is 5.28 Å². The normalized spacial score (nSPS) is 10.2. The highest BCUT2D eigenvalue weighted by molar-refractivity contribution is 9.10. The van der Waals surface area contributed by atoms with E-state index in [0.29, 0.717) is 16.6 Å². The van der Waals surface area contributed by atoms with E-state index in [0.717, 1.165) is 10.2 Å².